The number of hydrogen-bond acceptors (Lipinski definition) is 4. The molecule has 0 spiro atoms. The summed E-state index contributed by atoms with van der Waals surface area (Å²) in [5.41, 5.74) is 5.86. The number of anilines is 1. The van der Waals surface area contributed by atoms with E-state index in [0.29, 0.717) is 15.5 Å². The van der Waals surface area contributed by atoms with E-state index in [1.165, 1.54) is 17.9 Å². The zero-order valence-electron chi connectivity index (χ0n) is 11.9. The molecule has 1 aromatic carbocycles. The van der Waals surface area contributed by atoms with Crippen molar-refractivity contribution >= 4 is 53.5 Å². The largest absolute Gasteiger partial charge is 0.398 e. The van der Waals surface area contributed by atoms with Crippen LogP contribution in [0.25, 0.3) is 0 Å². The van der Waals surface area contributed by atoms with Crippen LogP contribution in [-0.2, 0) is 14.8 Å². The summed E-state index contributed by atoms with van der Waals surface area (Å²) in [6.07, 6.45) is 0. The van der Waals surface area contributed by atoms with Crippen LogP contribution in [0.2, 0.25) is 0 Å². The topological polar surface area (TPSA) is 92.5 Å². The molecule has 1 unspecified atom stereocenters. The fraction of sp³-hybridized carbons (Fsp3) is 0.417. The van der Waals surface area contributed by atoms with Gasteiger partial charge in [-0.15, -0.1) is 0 Å². The van der Waals surface area contributed by atoms with E-state index in [1.807, 2.05) is 6.92 Å². The number of benzene rings is 1. The third-order valence-electron chi connectivity index (χ3n) is 2.86. The summed E-state index contributed by atoms with van der Waals surface area (Å²) < 4.78 is 28.1. The maximum absolute atomic E-state index is 12.4. The van der Waals surface area contributed by atoms with Crippen LogP contribution in [0.15, 0.2) is 26.0 Å². The summed E-state index contributed by atoms with van der Waals surface area (Å²) in [5, 5.41) is 0. The van der Waals surface area contributed by atoms with E-state index in [2.05, 4.69) is 36.6 Å². The molecular weight excluding hydrogens is 426 g/mol. The van der Waals surface area contributed by atoms with E-state index in [9.17, 15) is 13.2 Å². The van der Waals surface area contributed by atoms with Crippen molar-refractivity contribution in [2.45, 2.75) is 24.8 Å². The fourth-order valence-electron chi connectivity index (χ4n) is 1.69. The van der Waals surface area contributed by atoms with Gasteiger partial charge in [0.25, 0.3) is 0 Å². The molecular formula is C12H17Br2N3O3S. The van der Waals surface area contributed by atoms with Gasteiger partial charge in [-0.3, -0.25) is 4.79 Å². The van der Waals surface area contributed by atoms with Gasteiger partial charge in [0.2, 0.25) is 15.9 Å². The van der Waals surface area contributed by atoms with Crippen LogP contribution in [0.5, 0.6) is 0 Å². The SMILES string of the molecule is CCN(C)C(=O)C(C)NS(=O)(=O)c1c(N)cc(Br)cc1Br. The van der Waals surface area contributed by atoms with Crippen LogP contribution in [0, 0.1) is 0 Å². The van der Waals surface area contributed by atoms with E-state index in [1.54, 1.807) is 13.1 Å². The van der Waals surface area contributed by atoms with Crippen molar-refractivity contribution in [3.8, 4) is 0 Å². The van der Waals surface area contributed by atoms with E-state index in [4.69, 9.17) is 5.73 Å². The predicted molar refractivity (Wildman–Crippen MR) is 89.3 cm³/mol. The van der Waals surface area contributed by atoms with Crippen LogP contribution in [0.4, 0.5) is 5.69 Å². The lowest BCUT2D eigenvalue weighted by Crippen LogP contribution is -2.45. The molecule has 1 atom stereocenters. The Morgan fingerprint density at radius 2 is 2.00 bits per heavy atom. The molecule has 21 heavy (non-hydrogen) atoms. The van der Waals surface area contributed by atoms with Crippen LogP contribution in [0.1, 0.15) is 13.8 Å². The average molecular weight is 443 g/mol. The summed E-state index contributed by atoms with van der Waals surface area (Å²) >= 11 is 6.41. The molecule has 3 N–H and O–H groups in total. The highest BCUT2D eigenvalue weighted by molar-refractivity contribution is 9.11. The molecule has 0 heterocycles. The van der Waals surface area contributed by atoms with Gasteiger partial charge < -0.3 is 10.6 Å². The Bertz CT molecular complexity index is 626. The number of rotatable bonds is 5. The highest BCUT2D eigenvalue weighted by atomic mass is 79.9. The number of likely N-dealkylation sites (N-methyl/N-ethyl adjacent to an activating group) is 1. The van der Waals surface area contributed by atoms with Gasteiger partial charge in [0.15, 0.2) is 0 Å². The minimum absolute atomic E-state index is 0.0792. The van der Waals surface area contributed by atoms with Crippen LogP contribution >= 0.6 is 31.9 Å². The lowest BCUT2D eigenvalue weighted by molar-refractivity contribution is -0.131. The Morgan fingerprint density at radius 3 is 2.48 bits per heavy atom. The van der Waals surface area contributed by atoms with Crippen molar-refractivity contribution in [3.63, 3.8) is 0 Å². The maximum atomic E-state index is 12.4. The zero-order chi connectivity index (χ0) is 16.4. The first-order chi connectivity index (χ1) is 9.60. The maximum Gasteiger partial charge on any atom is 0.244 e. The minimum atomic E-state index is -3.91. The summed E-state index contributed by atoms with van der Waals surface area (Å²) in [5.74, 6) is -0.312. The molecule has 0 fully saturated rings. The van der Waals surface area contributed by atoms with Crippen LogP contribution in [0.3, 0.4) is 0 Å². The summed E-state index contributed by atoms with van der Waals surface area (Å²) in [6.45, 7) is 3.80. The number of carbonyl (C=O) groups is 1. The third kappa shape index (κ3) is 4.41. The van der Waals surface area contributed by atoms with Crippen molar-refractivity contribution < 1.29 is 13.2 Å². The Morgan fingerprint density at radius 1 is 1.43 bits per heavy atom. The van der Waals surface area contributed by atoms with Gasteiger partial charge >= 0.3 is 0 Å². The smallest absolute Gasteiger partial charge is 0.244 e. The molecule has 0 bridgehead atoms. The molecule has 0 aromatic heterocycles. The van der Waals surface area contributed by atoms with E-state index in [-0.39, 0.29) is 16.5 Å². The van der Waals surface area contributed by atoms with Gasteiger partial charge in [-0.25, -0.2) is 8.42 Å². The van der Waals surface area contributed by atoms with E-state index in [0.717, 1.165) is 0 Å². The molecule has 0 aliphatic rings. The number of nitrogens with zero attached hydrogens (tertiary/aromatic N) is 1. The summed E-state index contributed by atoms with van der Waals surface area (Å²) in [7, 11) is -2.31. The highest BCUT2D eigenvalue weighted by Crippen LogP contribution is 2.31. The number of sulfonamides is 1. The highest BCUT2D eigenvalue weighted by Gasteiger charge is 2.27. The first kappa shape index (κ1) is 18.4. The molecule has 6 nitrogen and oxygen atoms in total. The zero-order valence-corrected chi connectivity index (χ0v) is 15.8. The second-order valence-corrected chi connectivity index (χ2v) is 7.92. The minimum Gasteiger partial charge on any atom is -0.398 e. The van der Waals surface area contributed by atoms with Gasteiger partial charge in [-0.1, -0.05) is 15.9 Å². The number of nitrogens with one attached hydrogen (secondary N) is 1. The van der Waals surface area contributed by atoms with E-state index >= 15 is 0 Å². The predicted octanol–water partition coefficient (Wildman–Crippen LogP) is 1.94. The molecule has 0 aliphatic carbocycles. The fourth-order valence-corrected chi connectivity index (χ4v) is 4.96. The van der Waals surface area contributed by atoms with E-state index < -0.39 is 16.1 Å². The van der Waals surface area contributed by atoms with Crippen molar-refractivity contribution in [2.75, 3.05) is 19.3 Å². The second kappa shape index (κ2) is 7.08. The van der Waals surface area contributed by atoms with Crippen LogP contribution < -0.4 is 10.5 Å². The number of amides is 1. The lowest BCUT2D eigenvalue weighted by Gasteiger charge is -2.21. The number of nitrogen functional groups attached to an aromatic ring is 1. The normalized spacial score (nSPS) is 13.0. The number of halogens is 2. The van der Waals surface area contributed by atoms with Gasteiger partial charge in [0.05, 0.1) is 11.7 Å². The molecule has 1 amide bonds. The Balaban J connectivity index is 3.11. The first-order valence-corrected chi connectivity index (χ1v) is 9.19. The molecule has 0 saturated carbocycles. The number of carbonyl (C=O) groups excluding carboxylic acids is 1. The molecule has 1 rings (SSSR count). The third-order valence-corrected chi connectivity index (χ3v) is 5.86. The number of nitrogens with two attached hydrogens (primary N) is 1. The average Bonchev–Trinajstić information content (AvgIpc) is 2.34. The Labute approximate surface area is 141 Å². The molecule has 9 heteroatoms. The first-order valence-electron chi connectivity index (χ1n) is 6.12. The number of hydrogen-bond donors (Lipinski definition) is 2. The lowest BCUT2D eigenvalue weighted by atomic mass is 10.3. The Kier molecular flexibility index (Phi) is 6.21. The van der Waals surface area contributed by atoms with Crippen molar-refractivity contribution in [1.29, 1.82) is 0 Å². The molecule has 0 saturated heterocycles. The quantitative estimate of drug-likeness (QED) is 0.681. The second-order valence-electron chi connectivity index (χ2n) is 4.50. The molecule has 118 valence electrons. The van der Waals surface area contributed by atoms with Crippen LogP contribution in [-0.4, -0.2) is 38.9 Å². The van der Waals surface area contributed by atoms with Gasteiger partial charge in [-0.2, -0.15) is 4.72 Å². The van der Waals surface area contributed by atoms with Crippen molar-refractivity contribution in [1.82, 2.24) is 9.62 Å². The summed E-state index contributed by atoms with van der Waals surface area (Å²) in [6, 6.07) is 2.19. The Hall–Kier alpha value is -0.640. The monoisotopic (exact) mass is 441 g/mol. The van der Waals surface area contributed by atoms with Gasteiger partial charge in [0, 0.05) is 22.5 Å². The van der Waals surface area contributed by atoms with Crippen molar-refractivity contribution in [2.24, 2.45) is 0 Å². The van der Waals surface area contributed by atoms with Gasteiger partial charge in [0.1, 0.15) is 4.90 Å². The van der Waals surface area contributed by atoms with Crippen molar-refractivity contribution in [3.05, 3.63) is 21.1 Å². The molecule has 0 aliphatic heterocycles. The standard InChI is InChI=1S/C12H17Br2N3O3S/c1-4-17(3)12(18)7(2)16-21(19,20)11-9(14)5-8(13)6-10(11)15/h5-7,16H,4,15H2,1-3H3. The molecule has 1 aromatic rings. The van der Waals surface area contributed by atoms with Gasteiger partial charge in [-0.05, 0) is 41.9 Å². The molecule has 0 radical (unpaired) electrons. The summed E-state index contributed by atoms with van der Waals surface area (Å²) in [4.78, 5) is 13.3.